The molecule has 6 nitrogen and oxygen atoms in total. The predicted molar refractivity (Wildman–Crippen MR) is 89.8 cm³/mol. The molecule has 0 amide bonds. The van der Waals surface area contributed by atoms with Crippen LogP contribution in [0, 0.1) is 11.6 Å². The third-order valence-electron chi connectivity index (χ3n) is 4.13. The first-order valence-electron chi connectivity index (χ1n) is 8.51. The number of hydrogen-bond acceptors (Lipinski definition) is 4. The summed E-state index contributed by atoms with van der Waals surface area (Å²) in [5, 5.41) is 4.27. The molecule has 0 radical (unpaired) electrons. The number of hydrogen-bond donors (Lipinski definition) is 0. The zero-order valence-corrected chi connectivity index (χ0v) is 15.0. The lowest BCUT2D eigenvalue weighted by atomic mass is 10.0. The van der Waals surface area contributed by atoms with Crippen molar-refractivity contribution in [3.8, 4) is 0 Å². The zero-order chi connectivity index (χ0) is 19.1. The zero-order valence-electron chi connectivity index (χ0n) is 15.0. The van der Waals surface area contributed by atoms with Crippen LogP contribution in [0.5, 0.6) is 0 Å². The molecular formula is C18H21F2N3O3. The maximum atomic E-state index is 13.4. The van der Waals surface area contributed by atoms with E-state index >= 15 is 0 Å². The van der Waals surface area contributed by atoms with Crippen LogP contribution in [0.1, 0.15) is 51.0 Å². The van der Waals surface area contributed by atoms with E-state index in [1.54, 1.807) is 20.8 Å². The van der Waals surface area contributed by atoms with Crippen LogP contribution >= 0.6 is 0 Å². The molecule has 1 aromatic heterocycles. The first-order chi connectivity index (χ1) is 12.2. The van der Waals surface area contributed by atoms with Crippen molar-refractivity contribution in [3.63, 3.8) is 0 Å². The van der Waals surface area contributed by atoms with Crippen molar-refractivity contribution in [1.29, 1.82) is 0 Å². The molecule has 0 unspecified atom stereocenters. The number of nitrogens with zero attached hydrogens (tertiary/aromatic N) is 3. The smallest absolute Gasteiger partial charge is 0.347 e. The second-order valence-corrected chi connectivity index (χ2v) is 7.42. The molecule has 140 valence electrons. The fraction of sp³-hybridized carbons (Fsp3) is 0.500. The molecule has 0 spiro atoms. The van der Waals surface area contributed by atoms with E-state index in [-0.39, 0.29) is 6.54 Å². The molecule has 8 heteroatoms. The van der Waals surface area contributed by atoms with Crippen molar-refractivity contribution in [2.75, 3.05) is 0 Å². The Hall–Kier alpha value is -2.51. The molecule has 0 saturated heterocycles. The van der Waals surface area contributed by atoms with Gasteiger partial charge in [-0.05, 0) is 51.3 Å². The van der Waals surface area contributed by atoms with Crippen LogP contribution in [0.2, 0.25) is 0 Å². The number of ether oxygens (including phenoxy) is 1. The van der Waals surface area contributed by atoms with Gasteiger partial charge in [-0.2, -0.15) is 5.10 Å². The lowest BCUT2D eigenvalue weighted by molar-refractivity contribution is -0.159. The second-order valence-electron chi connectivity index (χ2n) is 7.42. The van der Waals surface area contributed by atoms with Gasteiger partial charge in [0.25, 0.3) is 0 Å². The quantitative estimate of drug-likeness (QED) is 0.784. The van der Waals surface area contributed by atoms with Gasteiger partial charge in [0.05, 0.1) is 6.54 Å². The molecule has 1 aromatic carbocycles. The summed E-state index contributed by atoms with van der Waals surface area (Å²) in [4.78, 5) is 25.2. The topological polar surface area (TPSA) is 66.1 Å². The van der Waals surface area contributed by atoms with Crippen LogP contribution in [0.3, 0.4) is 0 Å². The Bertz CT molecular complexity index is 896. The third-order valence-corrected chi connectivity index (χ3v) is 4.13. The predicted octanol–water partition coefficient (Wildman–Crippen LogP) is 2.59. The molecule has 1 atom stereocenters. The monoisotopic (exact) mass is 365 g/mol. The number of benzene rings is 1. The summed E-state index contributed by atoms with van der Waals surface area (Å²) in [6.07, 6.45) is 1.78. The van der Waals surface area contributed by atoms with Crippen molar-refractivity contribution in [1.82, 2.24) is 14.3 Å². The van der Waals surface area contributed by atoms with Crippen LogP contribution in [-0.2, 0) is 22.5 Å². The molecule has 0 bridgehead atoms. The molecule has 26 heavy (non-hydrogen) atoms. The molecule has 0 fully saturated rings. The number of aromatic nitrogens is 3. The number of carbonyl (C=O) groups excluding carboxylic acids is 1. The lowest BCUT2D eigenvalue weighted by Crippen LogP contribution is -2.38. The van der Waals surface area contributed by atoms with Gasteiger partial charge in [0.2, 0.25) is 0 Å². The van der Waals surface area contributed by atoms with E-state index in [0.29, 0.717) is 30.7 Å². The van der Waals surface area contributed by atoms with Gasteiger partial charge in [-0.15, -0.1) is 0 Å². The minimum Gasteiger partial charge on any atom is -0.458 e. The number of carbonyl (C=O) groups is 1. The largest absolute Gasteiger partial charge is 0.458 e. The van der Waals surface area contributed by atoms with Gasteiger partial charge in [-0.25, -0.2) is 23.1 Å². The summed E-state index contributed by atoms with van der Waals surface area (Å²) in [6.45, 7) is 5.30. The summed E-state index contributed by atoms with van der Waals surface area (Å²) in [5.41, 5.74) is -0.699. The van der Waals surface area contributed by atoms with E-state index in [1.165, 1.54) is 15.3 Å². The first kappa shape index (κ1) is 18.3. The highest BCUT2D eigenvalue weighted by Crippen LogP contribution is 2.25. The van der Waals surface area contributed by atoms with E-state index < -0.39 is 34.9 Å². The maximum Gasteiger partial charge on any atom is 0.347 e. The fourth-order valence-corrected chi connectivity index (χ4v) is 3.04. The number of aryl methyl sites for hydroxylation is 1. The molecule has 0 saturated carbocycles. The van der Waals surface area contributed by atoms with Gasteiger partial charge >= 0.3 is 11.7 Å². The van der Waals surface area contributed by atoms with E-state index in [0.717, 1.165) is 12.1 Å². The van der Waals surface area contributed by atoms with Crippen LogP contribution in [0.25, 0.3) is 0 Å². The summed E-state index contributed by atoms with van der Waals surface area (Å²) < 4.78 is 34.4. The van der Waals surface area contributed by atoms with Gasteiger partial charge in [-0.1, -0.05) is 6.07 Å². The molecule has 1 aliphatic heterocycles. The van der Waals surface area contributed by atoms with E-state index in [4.69, 9.17) is 4.74 Å². The van der Waals surface area contributed by atoms with E-state index in [9.17, 15) is 18.4 Å². The molecule has 3 rings (SSSR count). The highest BCUT2D eigenvalue weighted by molar-refractivity contribution is 5.74. The normalized spacial score (nSPS) is 17.0. The minimum absolute atomic E-state index is 0.00290. The van der Waals surface area contributed by atoms with Crippen molar-refractivity contribution in [2.45, 2.75) is 58.2 Å². The van der Waals surface area contributed by atoms with Crippen LogP contribution in [0.15, 0.2) is 23.0 Å². The van der Waals surface area contributed by atoms with Crippen LogP contribution < -0.4 is 5.69 Å². The number of esters is 1. The Labute approximate surface area is 149 Å². The van der Waals surface area contributed by atoms with Gasteiger partial charge in [0, 0.05) is 6.42 Å². The average Bonchev–Trinajstić information content (AvgIpc) is 2.85. The highest BCUT2D eigenvalue weighted by atomic mass is 19.2. The first-order valence-corrected chi connectivity index (χ1v) is 8.51. The molecule has 1 aliphatic rings. The lowest BCUT2D eigenvalue weighted by Gasteiger charge is -2.26. The Morgan fingerprint density at radius 1 is 1.31 bits per heavy atom. The SMILES string of the molecule is CC(C)(C)OC(=O)[C@@H]1CCCc2nn(Cc3ccc(F)c(F)c3)c(=O)n21. The Morgan fingerprint density at radius 2 is 2.04 bits per heavy atom. The fourth-order valence-electron chi connectivity index (χ4n) is 3.04. The van der Waals surface area contributed by atoms with Gasteiger partial charge in [-0.3, -0.25) is 4.57 Å². The summed E-state index contributed by atoms with van der Waals surface area (Å²) in [7, 11) is 0. The Balaban J connectivity index is 1.91. The van der Waals surface area contributed by atoms with Crippen LogP contribution in [-0.4, -0.2) is 25.9 Å². The molecule has 2 aromatic rings. The molecule has 0 aliphatic carbocycles. The van der Waals surface area contributed by atoms with Gasteiger partial charge < -0.3 is 4.74 Å². The van der Waals surface area contributed by atoms with E-state index in [2.05, 4.69) is 5.10 Å². The van der Waals surface area contributed by atoms with Crippen molar-refractivity contribution in [2.24, 2.45) is 0 Å². The second kappa shape index (κ2) is 6.66. The number of halogens is 2. The Morgan fingerprint density at radius 3 is 2.69 bits per heavy atom. The van der Waals surface area contributed by atoms with Crippen molar-refractivity contribution >= 4 is 5.97 Å². The summed E-state index contributed by atoms with van der Waals surface area (Å²) >= 11 is 0. The van der Waals surface area contributed by atoms with E-state index in [1.807, 2.05) is 0 Å². The highest BCUT2D eigenvalue weighted by Gasteiger charge is 2.33. The Kier molecular flexibility index (Phi) is 4.68. The van der Waals surface area contributed by atoms with Gasteiger partial charge in [0.1, 0.15) is 17.5 Å². The molecular weight excluding hydrogens is 344 g/mol. The third kappa shape index (κ3) is 3.68. The average molecular weight is 365 g/mol. The minimum atomic E-state index is -0.980. The van der Waals surface area contributed by atoms with Crippen LogP contribution in [0.4, 0.5) is 8.78 Å². The number of rotatable bonds is 3. The van der Waals surface area contributed by atoms with Crippen molar-refractivity contribution in [3.05, 3.63) is 51.7 Å². The summed E-state index contributed by atoms with van der Waals surface area (Å²) in [5.74, 6) is -1.89. The number of fused-ring (bicyclic) bond motifs is 1. The standard InChI is InChI=1S/C18H21F2N3O3/c1-18(2,3)26-16(24)14-5-4-6-15-21-22(17(25)23(14)15)10-11-7-8-12(19)13(20)9-11/h7-9,14H,4-6,10H2,1-3H3/t14-/m0/s1. The molecule has 0 N–H and O–H groups in total. The summed E-state index contributed by atoms with van der Waals surface area (Å²) in [6, 6.07) is 2.72. The maximum absolute atomic E-state index is 13.4. The van der Waals surface area contributed by atoms with Gasteiger partial charge in [0.15, 0.2) is 11.6 Å². The molecule has 2 heterocycles. The van der Waals surface area contributed by atoms with Crippen molar-refractivity contribution < 1.29 is 18.3 Å².